The van der Waals surface area contributed by atoms with Crippen LogP contribution in [0.4, 0.5) is 0 Å². The Hall–Kier alpha value is -3.91. The zero-order valence-electron chi connectivity index (χ0n) is 19.1. The minimum absolute atomic E-state index is 0.179. The van der Waals surface area contributed by atoms with Crippen molar-refractivity contribution in [2.24, 2.45) is 0 Å². The lowest BCUT2D eigenvalue weighted by Gasteiger charge is -2.26. The van der Waals surface area contributed by atoms with Crippen LogP contribution in [0.5, 0.6) is 11.5 Å². The number of thiocarbonyl (C=S) groups is 1. The highest BCUT2D eigenvalue weighted by Gasteiger charge is 2.15. The maximum absolute atomic E-state index is 12.9. The number of pyridine rings is 2. The molecule has 7 nitrogen and oxygen atoms in total. The number of hydrogen-bond acceptors (Lipinski definition) is 5. The van der Waals surface area contributed by atoms with Crippen molar-refractivity contribution in [1.29, 1.82) is 0 Å². The molecule has 0 spiro atoms. The number of nitrogens with one attached hydrogen (secondary N) is 2. The Morgan fingerprint density at radius 3 is 2.44 bits per heavy atom. The van der Waals surface area contributed by atoms with Crippen molar-refractivity contribution >= 4 is 28.2 Å². The van der Waals surface area contributed by atoms with Gasteiger partial charge in [-0.2, -0.15) is 0 Å². The second-order valence-corrected chi connectivity index (χ2v) is 8.17. The van der Waals surface area contributed by atoms with Gasteiger partial charge in [0, 0.05) is 42.5 Å². The molecule has 0 bridgehead atoms. The molecule has 0 aliphatic carbocycles. The van der Waals surface area contributed by atoms with Gasteiger partial charge >= 0.3 is 0 Å². The minimum Gasteiger partial charge on any atom is -0.493 e. The first-order valence-electron chi connectivity index (χ1n) is 10.8. The first kappa shape index (κ1) is 23.3. The molecule has 2 N–H and O–H groups in total. The molecule has 174 valence electrons. The molecular formula is C26H26N4O3S. The van der Waals surface area contributed by atoms with Gasteiger partial charge in [-0.25, -0.2) is 0 Å². The van der Waals surface area contributed by atoms with Crippen LogP contribution in [0.3, 0.4) is 0 Å². The molecule has 2 aromatic carbocycles. The number of hydrogen-bond donors (Lipinski definition) is 2. The summed E-state index contributed by atoms with van der Waals surface area (Å²) in [5.41, 5.74) is 3.20. The lowest BCUT2D eigenvalue weighted by Crippen LogP contribution is -2.39. The molecule has 0 saturated carbocycles. The Kier molecular flexibility index (Phi) is 7.39. The molecule has 0 radical (unpaired) electrons. The summed E-state index contributed by atoms with van der Waals surface area (Å²) >= 11 is 5.73. The van der Waals surface area contributed by atoms with E-state index < -0.39 is 0 Å². The summed E-state index contributed by atoms with van der Waals surface area (Å²) in [7, 11) is 3.15. The average molecular weight is 475 g/mol. The maximum Gasteiger partial charge on any atom is 0.253 e. The molecule has 4 rings (SSSR count). The first-order valence-corrected chi connectivity index (χ1v) is 11.2. The largest absolute Gasteiger partial charge is 0.493 e. The Labute approximate surface area is 203 Å². The van der Waals surface area contributed by atoms with Crippen LogP contribution < -0.4 is 20.3 Å². The third kappa shape index (κ3) is 5.52. The highest BCUT2D eigenvalue weighted by atomic mass is 32.1. The molecule has 0 amide bonds. The molecule has 0 unspecified atom stereocenters. The Balaban J connectivity index is 1.62. The quantitative estimate of drug-likeness (QED) is 0.374. The molecule has 2 aromatic heterocycles. The van der Waals surface area contributed by atoms with Crippen LogP contribution in [0.25, 0.3) is 10.9 Å². The minimum atomic E-state index is -0.179. The van der Waals surface area contributed by atoms with Gasteiger partial charge in [-0.15, -0.1) is 0 Å². The van der Waals surface area contributed by atoms with Gasteiger partial charge in [0.25, 0.3) is 5.56 Å². The summed E-state index contributed by atoms with van der Waals surface area (Å²) in [5, 5.41) is 4.72. The number of rotatable bonds is 8. The van der Waals surface area contributed by atoms with Crippen LogP contribution in [0, 0.1) is 0 Å². The van der Waals surface area contributed by atoms with Crippen molar-refractivity contribution in [3.8, 4) is 11.5 Å². The van der Waals surface area contributed by atoms with Crippen molar-refractivity contribution in [1.82, 2.24) is 20.2 Å². The van der Waals surface area contributed by atoms with E-state index in [0.717, 1.165) is 16.5 Å². The zero-order chi connectivity index (χ0) is 23.9. The van der Waals surface area contributed by atoms with E-state index in [9.17, 15) is 4.79 Å². The number of H-pyrrole nitrogens is 1. The molecule has 4 aromatic rings. The van der Waals surface area contributed by atoms with Crippen molar-refractivity contribution < 1.29 is 9.47 Å². The molecule has 0 saturated heterocycles. The molecule has 34 heavy (non-hydrogen) atoms. The fraction of sp³-hybridized carbons (Fsp3) is 0.192. The smallest absolute Gasteiger partial charge is 0.253 e. The van der Waals surface area contributed by atoms with Gasteiger partial charge in [-0.05, 0) is 41.5 Å². The van der Waals surface area contributed by atoms with Crippen molar-refractivity contribution in [3.63, 3.8) is 0 Å². The van der Waals surface area contributed by atoms with E-state index in [1.54, 1.807) is 32.7 Å². The third-order valence-corrected chi connectivity index (χ3v) is 5.86. The molecule has 0 aliphatic rings. The van der Waals surface area contributed by atoms with Crippen LogP contribution in [0.2, 0.25) is 0 Å². The number of fused-ring (bicyclic) bond motifs is 1. The lowest BCUT2D eigenvalue weighted by atomic mass is 10.1. The second kappa shape index (κ2) is 10.8. The number of ether oxygens (including phenoxy) is 2. The van der Waals surface area contributed by atoms with Gasteiger partial charge < -0.3 is 24.7 Å². The van der Waals surface area contributed by atoms with Crippen molar-refractivity contribution in [3.05, 3.63) is 100 Å². The van der Waals surface area contributed by atoms with E-state index in [-0.39, 0.29) is 5.56 Å². The third-order valence-electron chi connectivity index (χ3n) is 5.46. The Bertz CT molecular complexity index is 1330. The average Bonchev–Trinajstić information content (AvgIpc) is 2.87. The highest BCUT2D eigenvalue weighted by molar-refractivity contribution is 7.80. The van der Waals surface area contributed by atoms with E-state index in [2.05, 4.69) is 15.3 Å². The predicted octanol–water partition coefficient (Wildman–Crippen LogP) is 4.02. The van der Waals surface area contributed by atoms with Crippen molar-refractivity contribution in [2.75, 3.05) is 14.2 Å². The van der Waals surface area contributed by atoms with Crippen LogP contribution in [0.15, 0.2) is 77.9 Å². The number of nitrogens with zero attached hydrogens (tertiary/aromatic N) is 2. The van der Waals surface area contributed by atoms with Gasteiger partial charge in [-0.1, -0.05) is 36.4 Å². The Morgan fingerprint density at radius 1 is 1.00 bits per heavy atom. The van der Waals surface area contributed by atoms with Gasteiger partial charge in [0.15, 0.2) is 16.6 Å². The normalized spacial score (nSPS) is 10.6. The molecular weight excluding hydrogens is 448 g/mol. The fourth-order valence-corrected chi connectivity index (χ4v) is 3.90. The van der Waals surface area contributed by atoms with E-state index in [4.69, 9.17) is 21.7 Å². The standard InChI is InChI=1S/C26H26N4O3S/c1-32-23-12-20-11-21(25(31)29-22(20)13-24(23)33-2)17-30(16-19-9-6-10-27-14-19)26(34)28-15-18-7-4-3-5-8-18/h3-14H,15-17H2,1-2H3,(H,28,34)(H,29,31). The van der Waals surface area contributed by atoms with Crippen LogP contribution in [0.1, 0.15) is 16.7 Å². The van der Waals surface area contributed by atoms with E-state index >= 15 is 0 Å². The SMILES string of the molecule is COc1cc2cc(CN(Cc3cccnc3)C(=S)NCc3ccccc3)c(=O)[nH]c2cc1OC. The van der Waals surface area contributed by atoms with Crippen LogP contribution >= 0.6 is 12.2 Å². The maximum atomic E-state index is 12.9. The second-order valence-electron chi connectivity index (χ2n) is 7.78. The van der Waals surface area contributed by atoms with Crippen LogP contribution in [-0.2, 0) is 19.6 Å². The highest BCUT2D eigenvalue weighted by Crippen LogP contribution is 2.31. The number of benzene rings is 2. The molecule has 8 heteroatoms. The number of methoxy groups -OCH3 is 2. The van der Waals surface area contributed by atoms with Crippen LogP contribution in [-0.4, -0.2) is 34.2 Å². The summed E-state index contributed by atoms with van der Waals surface area (Å²) in [6, 6.07) is 19.4. The topological polar surface area (TPSA) is 79.5 Å². The van der Waals surface area contributed by atoms with E-state index in [1.807, 2.05) is 59.5 Å². The number of aromatic amines is 1. The van der Waals surface area contributed by atoms with Gasteiger partial charge in [0.05, 0.1) is 26.3 Å². The molecule has 2 heterocycles. The van der Waals surface area contributed by atoms with Gasteiger partial charge in [0.1, 0.15) is 0 Å². The van der Waals surface area contributed by atoms with Gasteiger partial charge in [-0.3, -0.25) is 9.78 Å². The summed E-state index contributed by atoms with van der Waals surface area (Å²) in [4.78, 5) is 22.1. The number of aromatic nitrogens is 2. The summed E-state index contributed by atoms with van der Waals surface area (Å²) in [6.07, 6.45) is 3.53. The first-order chi connectivity index (χ1) is 16.6. The monoisotopic (exact) mass is 474 g/mol. The zero-order valence-corrected chi connectivity index (χ0v) is 19.9. The van der Waals surface area contributed by atoms with Crippen molar-refractivity contribution in [2.45, 2.75) is 19.6 Å². The molecule has 0 fully saturated rings. The molecule has 0 aliphatic heterocycles. The molecule has 0 atom stereocenters. The fourth-order valence-electron chi connectivity index (χ4n) is 3.70. The Morgan fingerprint density at radius 2 is 1.74 bits per heavy atom. The summed E-state index contributed by atoms with van der Waals surface area (Å²) in [5.74, 6) is 1.16. The summed E-state index contributed by atoms with van der Waals surface area (Å²) < 4.78 is 10.8. The van der Waals surface area contributed by atoms with E-state index in [1.165, 1.54) is 0 Å². The predicted molar refractivity (Wildman–Crippen MR) is 137 cm³/mol. The summed E-state index contributed by atoms with van der Waals surface area (Å²) in [6.45, 7) is 1.43. The lowest BCUT2D eigenvalue weighted by molar-refractivity contribution is 0.355. The van der Waals surface area contributed by atoms with E-state index in [0.29, 0.717) is 47.3 Å². The van der Waals surface area contributed by atoms with Gasteiger partial charge in [0.2, 0.25) is 0 Å².